The lowest BCUT2D eigenvalue weighted by Gasteiger charge is -2.12. The van der Waals surface area contributed by atoms with Crippen LogP contribution in [0.15, 0.2) is 6.07 Å². The van der Waals surface area contributed by atoms with Crippen LogP contribution in [0.3, 0.4) is 0 Å². The highest BCUT2D eigenvalue weighted by Crippen LogP contribution is 2.33. The lowest BCUT2D eigenvalue weighted by atomic mass is 10.0. The van der Waals surface area contributed by atoms with Crippen molar-refractivity contribution < 1.29 is 14.6 Å². The van der Waals surface area contributed by atoms with Crippen molar-refractivity contribution in [2.24, 2.45) is 0 Å². The van der Waals surface area contributed by atoms with Crippen LogP contribution < -0.4 is 4.74 Å². The number of Topliss-reactive ketones (excluding diaryl/α,β-unsaturated/α-hetero) is 1. The van der Waals surface area contributed by atoms with Gasteiger partial charge in [-0.1, -0.05) is 0 Å². The first-order valence-corrected chi connectivity index (χ1v) is 4.37. The fraction of sp³-hybridized carbons (Fsp3) is 0.364. The Morgan fingerprint density at radius 1 is 1.43 bits per heavy atom. The van der Waals surface area contributed by atoms with Crippen molar-refractivity contribution in [2.45, 2.75) is 20.8 Å². The largest absolute Gasteiger partial charge is 0.507 e. The summed E-state index contributed by atoms with van der Waals surface area (Å²) in [5.74, 6) is 0.504. The normalized spacial score (nSPS) is 10.0. The van der Waals surface area contributed by atoms with Crippen molar-refractivity contribution in [1.29, 1.82) is 0 Å². The van der Waals surface area contributed by atoms with Crippen LogP contribution in [0.5, 0.6) is 11.5 Å². The standard InChI is InChI=1S/C11H14O3/c1-6-5-9(8(3)12)10(13)7(2)11(6)14-4/h5,13H,1-4H3. The SMILES string of the molecule is COc1c(C)cc(C(C)=O)c(O)c1C. The Bertz CT molecular complexity index is 381. The van der Waals surface area contributed by atoms with E-state index in [1.807, 2.05) is 6.92 Å². The van der Waals surface area contributed by atoms with E-state index in [-0.39, 0.29) is 11.5 Å². The summed E-state index contributed by atoms with van der Waals surface area (Å²) in [6.45, 7) is 5.01. The van der Waals surface area contributed by atoms with Crippen molar-refractivity contribution in [1.82, 2.24) is 0 Å². The van der Waals surface area contributed by atoms with Gasteiger partial charge in [-0.05, 0) is 32.4 Å². The lowest BCUT2D eigenvalue weighted by molar-refractivity contribution is 0.101. The maximum absolute atomic E-state index is 11.2. The summed E-state index contributed by atoms with van der Waals surface area (Å²) >= 11 is 0. The molecule has 1 N–H and O–H groups in total. The second kappa shape index (κ2) is 3.70. The van der Waals surface area contributed by atoms with Gasteiger partial charge in [-0.3, -0.25) is 4.79 Å². The molecule has 0 atom stereocenters. The molecule has 0 aliphatic carbocycles. The Hall–Kier alpha value is -1.51. The van der Waals surface area contributed by atoms with E-state index in [9.17, 15) is 9.90 Å². The second-order valence-electron chi connectivity index (χ2n) is 3.30. The van der Waals surface area contributed by atoms with Crippen LogP contribution in [-0.4, -0.2) is 18.0 Å². The average molecular weight is 194 g/mol. The second-order valence-corrected chi connectivity index (χ2v) is 3.30. The highest BCUT2D eigenvalue weighted by atomic mass is 16.5. The maximum Gasteiger partial charge on any atom is 0.163 e. The van der Waals surface area contributed by atoms with Crippen LogP contribution in [0.2, 0.25) is 0 Å². The number of phenolic OH excluding ortho intramolecular Hbond substituents is 1. The molecule has 1 aromatic carbocycles. The molecule has 3 nitrogen and oxygen atoms in total. The van der Waals surface area contributed by atoms with Gasteiger partial charge < -0.3 is 9.84 Å². The zero-order valence-corrected chi connectivity index (χ0v) is 8.84. The third kappa shape index (κ3) is 1.58. The number of carbonyl (C=O) groups is 1. The van der Waals surface area contributed by atoms with Crippen LogP contribution in [0.25, 0.3) is 0 Å². The molecule has 0 heterocycles. The van der Waals surface area contributed by atoms with Crippen LogP contribution in [-0.2, 0) is 0 Å². The minimum absolute atomic E-state index is 0.0138. The number of ketones is 1. The predicted molar refractivity (Wildman–Crippen MR) is 54.1 cm³/mol. The predicted octanol–water partition coefficient (Wildman–Crippen LogP) is 2.22. The maximum atomic E-state index is 11.2. The Labute approximate surface area is 83.3 Å². The first-order valence-electron chi connectivity index (χ1n) is 4.37. The van der Waals surface area contributed by atoms with Crippen molar-refractivity contribution in [3.63, 3.8) is 0 Å². The molecule has 1 aromatic rings. The number of ether oxygens (including phenoxy) is 1. The average Bonchev–Trinajstić information content (AvgIpc) is 2.12. The minimum Gasteiger partial charge on any atom is -0.507 e. The van der Waals surface area contributed by atoms with E-state index in [1.54, 1.807) is 20.1 Å². The molecule has 0 spiro atoms. The fourth-order valence-electron chi connectivity index (χ4n) is 1.54. The summed E-state index contributed by atoms with van der Waals surface area (Å²) in [6.07, 6.45) is 0. The van der Waals surface area contributed by atoms with Gasteiger partial charge in [0.15, 0.2) is 5.78 Å². The molecular formula is C11H14O3. The number of rotatable bonds is 2. The van der Waals surface area contributed by atoms with E-state index in [4.69, 9.17) is 4.74 Å². The van der Waals surface area contributed by atoms with E-state index >= 15 is 0 Å². The summed E-state index contributed by atoms with van der Waals surface area (Å²) in [5, 5.41) is 9.70. The van der Waals surface area contributed by atoms with Crippen molar-refractivity contribution in [3.05, 3.63) is 22.8 Å². The lowest BCUT2D eigenvalue weighted by Crippen LogP contribution is -1.99. The van der Waals surface area contributed by atoms with Gasteiger partial charge in [0.05, 0.1) is 12.7 Å². The van der Waals surface area contributed by atoms with Gasteiger partial charge >= 0.3 is 0 Å². The molecule has 0 radical (unpaired) electrons. The molecule has 14 heavy (non-hydrogen) atoms. The Morgan fingerprint density at radius 3 is 2.43 bits per heavy atom. The molecule has 0 bridgehead atoms. The number of aryl methyl sites for hydroxylation is 1. The van der Waals surface area contributed by atoms with Crippen LogP contribution in [0.4, 0.5) is 0 Å². The first kappa shape index (κ1) is 10.6. The van der Waals surface area contributed by atoms with E-state index in [0.717, 1.165) is 5.56 Å². The van der Waals surface area contributed by atoms with Gasteiger partial charge in [-0.2, -0.15) is 0 Å². The van der Waals surface area contributed by atoms with Crippen LogP contribution in [0.1, 0.15) is 28.4 Å². The monoisotopic (exact) mass is 194 g/mol. The van der Waals surface area contributed by atoms with E-state index in [0.29, 0.717) is 16.9 Å². The molecule has 0 amide bonds. The molecule has 0 unspecified atom stereocenters. The number of phenols is 1. The van der Waals surface area contributed by atoms with Crippen molar-refractivity contribution in [3.8, 4) is 11.5 Å². The third-order valence-corrected chi connectivity index (χ3v) is 2.25. The van der Waals surface area contributed by atoms with E-state index < -0.39 is 0 Å². The summed E-state index contributed by atoms with van der Waals surface area (Å²) in [4.78, 5) is 11.2. The number of aromatic hydroxyl groups is 1. The third-order valence-electron chi connectivity index (χ3n) is 2.25. The minimum atomic E-state index is -0.142. The number of hydrogen-bond donors (Lipinski definition) is 1. The quantitative estimate of drug-likeness (QED) is 0.734. The molecule has 1 rings (SSSR count). The van der Waals surface area contributed by atoms with Gasteiger partial charge in [0.2, 0.25) is 0 Å². The van der Waals surface area contributed by atoms with Crippen molar-refractivity contribution in [2.75, 3.05) is 7.11 Å². The smallest absolute Gasteiger partial charge is 0.163 e. The zero-order valence-electron chi connectivity index (χ0n) is 8.84. The van der Waals surface area contributed by atoms with Crippen LogP contribution in [0, 0.1) is 13.8 Å². The van der Waals surface area contributed by atoms with E-state index in [1.165, 1.54) is 6.92 Å². The van der Waals surface area contributed by atoms with Crippen LogP contribution >= 0.6 is 0 Å². The number of methoxy groups -OCH3 is 1. The summed E-state index contributed by atoms with van der Waals surface area (Å²) < 4.78 is 5.12. The summed E-state index contributed by atoms with van der Waals surface area (Å²) in [7, 11) is 1.54. The summed E-state index contributed by atoms with van der Waals surface area (Å²) in [5.41, 5.74) is 1.81. The van der Waals surface area contributed by atoms with Gasteiger partial charge in [0.1, 0.15) is 11.5 Å². The Kier molecular flexibility index (Phi) is 2.79. The summed E-state index contributed by atoms with van der Waals surface area (Å²) in [6, 6.07) is 1.64. The molecule has 76 valence electrons. The van der Waals surface area contributed by atoms with Gasteiger partial charge in [-0.15, -0.1) is 0 Å². The Morgan fingerprint density at radius 2 is 2.00 bits per heavy atom. The molecule has 0 fully saturated rings. The Balaban J connectivity index is 3.47. The number of benzene rings is 1. The van der Waals surface area contributed by atoms with Gasteiger partial charge in [-0.25, -0.2) is 0 Å². The van der Waals surface area contributed by atoms with Gasteiger partial charge in [0, 0.05) is 5.56 Å². The molecule has 3 heteroatoms. The highest BCUT2D eigenvalue weighted by Gasteiger charge is 2.15. The molecule has 0 aliphatic heterocycles. The van der Waals surface area contributed by atoms with Crippen molar-refractivity contribution >= 4 is 5.78 Å². The molecule has 0 saturated heterocycles. The molecular weight excluding hydrogens is 180 g/mol. The topological polar surface area (TPSA) is 46.5 Å². The molecule has 0 saturated carbocycles. The number of hydrogen-bond acceptors (Lipinski definition) is 3. The zero-order chi connectivity index (χ0) is 10.9. The first-order chi connectivity index (χ1) is 6.49. The van der Waals surface area contributed by atoms with Gasteiger partial charge in [0.25, 0.3) is 0 Å². The van der Waals surface area contributed by atoms with E-state index in [2.05, 4.69) is 0 Å². The fourth-order valence-corrected chi connectivity index (χ4v) is 1.54. The number of carbonyl (C=O) groups excluding carboxylic acids is 1. The molecule has 0 aromatic heterocycles. The molecule has 0 aliphatic rings. The highest BCUT2D eigenvalue weighted by molar-refractivity contribution is 5.97.